The molecular formula is C13H20N2O5S. The predicted octanol–water partition coefficient (Wildman–Crippen LogP) is 1.05. The van der Waals surface area contributed by atoms with E-state index in [1.807, 2.05) is 0 Å². The molecule has 2 heterocycles. The molecule has 118 valence electrons. The lowest BCUT2D eigenvalue weighted by atomic mass is 10.3. The second kappa shape index (κ2) is 6.17. The number of hydrogen-bond acceptors (Lipinski definition) is 5. The molecule has 0 amide bonds. The molecule has 1 aliphatic rings. The number of nitrogens with zero attached hydrogens (tertiary/aromatic N) is 1. The Kier molecular flexibility index (Phi) is 4.70. The highest BCUT2D eigenvalue weighted by atomic mass is 32.2. The number of sulfonamides is 1. The molecule has 1 fully saturated rings. The summed E-state index contributed by atoms with van der Waals surface area (Å²) in [4.78, 5) is 12.9. The Morgan fingerprint density at radius 3 is 2.62 bits per heavy atom. The van der Waals surface area contributed by atoms with Crippen molar-refractivity contribution < 1.29 is 22.7 Å². The fourth-order valence-electron chi connectivity index (χ4n) is 2.56. The molecule has 0 aliphatic carbocycles. The number of rotatable bonds is 6. The van der Waals surface area contributed by atoms with Gasteiger partial charge in [0, 0.05) is 18.7 Å². The predicted molar refractivity (Wildman–Crippen MR) is 75.9 cm³/mol. The van der Waals surface area contributed by atoms with Crippen LogP contribution < -0.4 is 4.72 Å². The van der Waals surface area contributed by atoms with Crippen molar-refractivity contribution in [2.24, 2.45) is 0 Å². The van der Waals surface area contributed by atoms with Crippen LogP contribution in [0.2, 0.25) is 0 Å². The minimum Gasteiger partial charge on any atom is -0.475 e. The van der Waals surface area contributed by atoms with Gasteiger partial charge in [-0.2, -0.15) is 0 Å². The van der Waals surface area contributed by atoms with Crippen molar-refractivity contribution in [3.63, 3.8) is 0 Å². The molecule has 0 bridgehead atoms. The average Bonchev–Trinajstić information content (AvgIpc) is 2.97. The van der Waals surface area contributed by atoms with Crippen molar-refractivity contribution in [1.82, 2.24) is 9.62 Å². The largest absolute Gasteiger partial charge is 0.475 e. The minimum atomic E-state index is -3.78. The Bertz CT molecular complexity index is 617. The normalized spacial score (nSPS) is 18.0. The first-order chi connectivity index (χ1) is 9.79. The summed E-state index contributed by atoms with van der Waals surface area (Å²) >= 11 is 0. The summed E-state index contributed by atoms with van der Waals surface area (Å²) in [7, 11) is -3.78. The van der Waals surface area contributed by atoms with Gasteiger partial charge in [-0.3, -0.25) is 0 Å². The third-order valence-corrected chi connectivity index (χ3v) is 5.16. The highest BCUT2D eigenvalue weighted by Crippen LogP contribution is 2.20. The van der Waals surface area contributed by atoms with Crippen LogP contribution in [0, 0.1) is 6.92 Å². The zero-order chi connectivity index (χ0) is 15.6. The molecule has 1 aliphatic heterocycles. The van der Waals surface area contributed by atoms with Gasteiger partial charge in [-0.15, -0.1) is 0 Å². The Morgan fingerprint density at radius 2 is 2.10 bits per heavy atom. The zero-order valence-electron chi connectivity index (χ0n) is 12.1. The lowest BCUT2D eigenvalue weighted by Gasteiger charge is -2.20. The van der Waals surface area contributed by atoms with Crippen LogP contribution in [0.5, 0.6) is 0 Å². The molecular weight excluding hydrogens is 296 g/mol. The van der Waals surface area contributed by atoms with Crippen LogP contribution in [0.25, 0.3) is 0 Å². The second-order valence-corrected chi connectivity index (χ2v) is 7.05. The van der Waals surface area contributed by atoms with E-state index in [2.05, 4.69) is 9.62 Å². The van der Waals surface area contributed by atoms with Gasteiger partial charge in [0.15, 0.2) is 0 Å². The standard InChI is InChI=1S/C13H20N2O5S/c1-9(8-15-5-3-4-6-15)14-21(18,19)12-7-11(13(16)17)20-10(12)2/h7,9,14H,3-6,8H2,1-2H3,(H,16,17). The summed E-state index contributed by atoms with van der Waals surface area (Å²) in [5, 5.41) is 8.84. The van der Waals surface area contributed by atoms with Crippen LogP contribution in [0.1, 0.15) is 36.1 Å². The number of hydrogen-bond donors (Lipinski definition) is 2. The molecule has 0 spiro atoms. The van der Waals surface area contributed by atoms with E-state index in [9.17, 15) is 13.2 Å². The van der Waals surface area contributed by atoms with Crippen LogP contribution >= 0.6 is 0 Å². The minimum absolute atomic E-state index is 0.0771. The monoisotopic (exact) mass is 316 g/mol. The van der Waals surface area contributed by atoms with E-state index in [-0.39, 0.29) is 22.5 Å². The van der Waals surface area contributed by atoms with E-state index < -0.39 is 16.0 Å². The van der Waals surface area contributed by atoms with Crippen LogP contribution in [0.4, 0.5) is 0 Å². The average molecular weight is 316 g/mol. The molecule has 1 unspecified atom stereocenters. The molecule has 1 atom stereocenters. The summed E-state index contributed by atoms with van der Waals surface area (Å²) in [5.41, 5.74) is 0. The summed E-state index contributed by atoms with van der Waals surface area (Å²) < 4.78 is 32.1. The summed E-state index contributed by atoms with van der Waals surface area (Å²) in [6.45, 7) is 5.84. The Labute approximate surface area is 124 Å². The number of carbonyl (C=O) groups is 1. The second-order valence-electron chi connectivity index (χ2n) is 5.37. The zero-order valence-corrected chi connectivity index (χ0v) is 12.9. The number of nitrogens with one attached hydrogen (secondary N) is 1. The fourth-order valence-corrected chi connectivity index (χ4v) is 3.97. The van der Waals surface area contributed by atoms with Crippen molar-refractivity contribution in [3.8, 4) is 0 Å². The van der Waals surface area contributed by atoms with Gasteiger partial charge in [0.25, 0.3) is 0 Å². The Balaban J connectivity index is 2.08. The van der Waals surface area contributed by atoms with Gasteiger partial charge in [0.2, 0.25) is 15.8 Å². The first-order valence-electron chi connectivity index (χ1n) is 6.88. The maximum Gasteiger partial charge on any atom is 0.371 e. The maximum absolute atomic E-state index is 12.3. The Morgan fingerprint density at radius 1 is 1.48 bits per heavy atom. The van der Waals surface area contributed by atoms with Gasteiger partial charge in [-0.1, -0.05) is 0 Å². The number of carboxylic acids is 1. The molecule has 2 N–H and O–H groups in total. The van der Waals surface area contributed by atoms with Crippen molar-refractivity contribution in [2.75, 3.05) is 19.6 Å². The smallest absolute Gasteiger partial charge is 0.371 e. The van der Waals surface area contributed by atoms with Gasteiger partial charge in [0.1, 0.15) is 10.7 Å². The van der Waals surface area contributed by atoms with Crippen molar-refractivity contribution >= 4 is 16.0 Å². The third kappa shape index (κ3) is 3.84. The molecule has 0 aromatic carbocycles. The summed E-state index contributed by atoms with van der Waals surface area (Å²) in [5.74, 6) is -1.59. The van der Waals surface area contributed by atoms with Gasteiger partial charge in [-0.05, 0) is 39.8 Å². The number of carboxylic acid groups (broad SMARTS) is 1. The quantitative estimate of drug-likeness (QED) is 0.813. The van der Waals surface area contributed by atoms with Gasteiger partial charge in [0.05, 0.1) is 0 Å². The van der Waals surface area contributed by atoms with Crippen LogP contribution in [0.3, 0.4) is 0 Å². The van der Waals surface area contributed by atoms with Crippen molar-refractivity contribution in [1.29, 1.82) is 0 Å². The molecule has 0 radical (unpaired) electrons. The number of aryl methyl sites for hydroxylation is 1. The van der Waals surface area contributed by atoms with Gasteiger partial charge >= 0.3 is 5.97 Å². The SMILES string of the molecule is Cc1oc(C(=O)O)cc1S(=O)(=O)NC(C)CN1CCCC1. The highest BCUT2D eigenvalue weighted by Gasteiger charge is 2.26. The van der Waals surface area contributed by atoms with Gasteiger partial charge in [-0.25, -0.2) is 17.9 Å². The number of likely N-dealkylation sites (tertiary alicyclic amines) is 1. The van der Waals surface area contributed by atoms with Crippen LogP contribution in [0.15, 0.2) is 15.4 Å². The molecule has 1 aromatic heterocycles. The van der Waals surface area contributed by atoms with Crippen LogP contribution in [-0.2, 0) is 10.0 Å². The molecule has 1 aromatic rings. The maximum atomic E-state index is 12.3. The fraction of sp³-hybridized carbons (Fsp3) is 0.615. The summed E-state index contributed by atoms with van der Waals surface area (Å²) in [6, 6.07) is 0.790. The molecule has 21 heavy (non-hydrogen) atoms. The highest BCUT2D eigenvalue weighted by molar-refractivity contribution is 7.89. The van der Waals surface area contributed by atoms with E-state index in [0.717, 1.165) is 32.0 Å². The van der Waals surface area contributed by atoms with E-state index in [0.29, 0.717) is 6.54 Å². The first kappa shape index (κ1) is 16.0. The molecule has 7 nitrogen and oxygen atoms in total. The topological polar surface area (TPSA) is 99.8 Å². The molecule has 2 rings (SSSR count). The van der Waals surface area contributed by atoms with Crippen molar-refractivity contribution in [2.45, 2.75) is 37.6 Å². The summed E-state index contributed by atoms with van der Waals surface area (Å²) in [6.07, 6.45) is 2.28. The first-order valence-corrected chi connectivity index (χ1v) is 8.36. The number of aromatic carboxylic acids is 1. The van der Waals surface area contributed by atoms with Crippen LogP contribution in [-0.4, -0.2) is 50.1 Å². The molecule has 0 saturated carbocycles. The lowest BCUT2D eigenvalue weighted by Crippen LogP contribution is -2.41. The molecule has 8 heteroatoms. The van der Waals surface area contributed by atoms with Gasteiger partial charge < -0.3 is 14.4 Å². The van der Waals surface area contributed by atoms with E-state index in [1.54, 1.807) is 6.92 Å². The lowest BCUT2D eigenvalue weighted by molar-refractivity contribution is 0.0661. The third-order valence-electron chi connectivity index (χ3n) is 3.46. The van der Waals surface area contributed by atoms with E-state index in [1.165, 1.54) is 6.92 Å². The number of furan rings is 1. The van der Waals surface area contributed by atoms with E-state index in [4.69, 9.17) is 9.52 Å². The Hall–Kier alpha value is -1.38. The van der Waals surface area contributed by atoms with E-state index >= 15 is 0 Å². The van der Waals surface area contributed by atoms with Crippen molar-refractivity contribution in [3.05, 3.63) is 17.6 Å². The molecule has 1 saturated heterocycles.